The molecule has 0 bridgehead atoms. The normalized spacial score (nSPS) is 14.0. The van der Waals surface area contributed by atoms with Crippen molar-refractivity contribution in [2.75, 3.05) is 6.54 Å². The average molecular weight is 322 g/mol. The van der Waals surface area contributed by atoms with Gasteiger partial charge in [0.25, 0.3) is 5.91 Å². The standard InChI is InChI=1S/C18H18N4O2/c1-11-3-4-16-12(7-11)17(23)13(8-21(16)2)18(24)22-6-5-14-15(9-22)20-10-19-14/h3-4,7-8,10H,5-6,9H2,1-2H3,(H,19,20). The number of H-pyrrole nitrogens is 1. The Labute approximate surface area is 138 Å². The number of nitrogens with one attached hydrogen (secondary N) is 1. The molecule has 1 aliphatic rings. The molecule has 1 aliphatic heterocycles. The number of hydrogen-bond acceptors (Lipinski definition) is 3. The van der Waals surface area contributed by atoms with E-state index < -0.39 is 0 Å². The second-order valence-electron chi connectivity index (χ2n) is 6.31. The second kappa shape index (κ2) is 5.33. The zero-order valence-electron chi connectivity index (χ0n) is 13.7. The smallest absolute Gasteiger partial charge is 0.259 e. The number of fused-ring (bicyclic) bond motifs is 2. The first kappa shape index (κ1) is 14.7. The van der Waals surface area contributed by atoms with Crippen molar-refractivity contribution in [2.24, 2.45) is 7.05 Å². The number of imidazole rings is 1. The zero-order chi connectivity index (χ0) is 16.8. The van der Waals surface area contributed by atoms with Crippen molar-refractivity contribution in [1.82, 2.24) is 19.4 Å². The molecule has 6 heteroatoms. The van der Waals surface area contributed by atoms with Gasteiger partial charge in [0.1, 0.15) is 5.56 Å². The Bertz CT molecular complexity index is 1020. The van der Waals surface area contributed by atoms with Gasteiger partial charge in [0.15, 0.2) is 0 Å². The summed E-state index contributed by atoms with van der Waals surface area (Å²) in [6.07, 6.45) is 4.00. The molecule has 1 aromatic carbocycles. The third-order valence-electron chi connectivity index (χ3n) is 4.64. The Hall–Kier alpha value is -2.89. The van der Waals surface area contributed by atoms with Crippen LogP contribution in [0.1, 0.15) is 27.3 Å². The van der Waals surface area contributed by atoms with E-state index in [1.54, 1.807) is 17.4 Å². The summed E-state index contributed by atoms with van der Waals surface area (Å²) in [5.41, 5.74) is 3.80. The summed E-state index contributed by atoms with van der Waals surface area (Å²) < 4.78 is 1.84. The largest absolute Gasteiger partial charge is 0.350 e. The molecule has 0 aliphatic carbocycles. The molecule has 1 N–H and O–H groups in total. The molecule has 0 atom stereocenters. The first-order valence-electron chi connectivity index (χ1n) is 7.95. The van der Waals surface area contributed by atoms with Gasteiger partial charge in [0, 0.05) is 31.6 Å². The van der Waals surface area contributed by atoms with Crippen LogP contribution in [0.15, 0.2) is 35.5 Å². The number of carbonyl (C=O) groups is 1. The maximum absolute atomic E-state index is 12.9. The SMILES string of the molecule is Cc1ccc2c(c1)c(=O)c(C(=O)N1CCc3nc[nH]c3C1)cn2C. The number of amides is 1. The van der Waals surface area contributed by atoms with Crippen molar-refractivity contribution in [1.29, 1.82) is 0 Å². The van der Waals surface area contributed by atoms with Crippen molar-refractivity contribution in [2.45, 2.75) is 19.9 Å². The van der Waals surface area contributed by atoms with Gasteiger partial charge in [-0.1, -0.05) is 11.6 Å². The first-order valence-corrected chi connectivity index (χ1v) is 7.95. The Morgan fingerprint density at radius 2 is 2.17 bits per heavy atom. The molecule has 3 heterocycles. The van der Waals surface area contributed by atoms with Crippen LogP contribution < -0.4 is 5.43 Å². The van der Waals surface area contributed by atoms with Gasteiger partial charge in [-0.25, -0.2) is 4.98 Å². The van der Waals surface area contributed by atoms with Crippen molar-refractivity contribution in [3.63, 3.8) is 0 Å². The van der Waals surface area contributed by atoms with Crippen molar-refractivity contribution >= 4 is 16.8 Å². The fourth-order valence-corrected chi connectivity index (χ4v) is 3.31. The molecule has 24 heavy (non-hydrogen) atoms. The first-order chi connectivity index (χ1) is 11.5. The van der Waals surface area contributed by atoms with E-state index in [0.717, 1.165) is 22.5 Å². The number of aromatic amines is 1. The van der Waals surface area contributed by atoms with E-state index in [1.165, 1.54) is 0 Å². The zero-order valence-corrected chi connectivity index (χ0v) is 13.7. The molecule has 0 saturated heterocycles. The number of aryl methyl sites for hydroxylation is 2. The Morgan fingerprint density at radius 3 is 3.00 bits per heavy atom. The third kappa shape index (κ3) is 2.22. The lowest BCUT2D eigenvalue weighted by molar-refractivity contribution is 0.0730. The highest BCUT2D eigenvalue weighted by molar-refractivity contribution is 5.97. The number of pyridine rings is 1. The van der Waals surface area contributed by atoms with Crippen LogP contribution in [-0.2, 0) is 20.0 Å². The van der Waals surface area contributed by atoms with Gasteiger partial charge in [0.05, 0.1) is 29.8 Å². The molecule has 0 fully saturated rings. The van der Waals surface area contributed by atoms with Crippen molar-refractivity contribution in [3.05, 3.63) is 63.5 Å². The van der Waals surface area contributed by atoms with E-state index in [2.05, 4.69) is 9.97 Å². The molecule has 6 nitrogen and oxygen atoms in total. The topological polar surface area (TPSA) is 71.0 Å². The van der Waals surface area contributed by atoms with E-state index in [9.17, 15) is 9.59 Å². The molecule has 2 aromatic heterocycles. The molecule has 3 aromatic rings. The van der Waals surface area contributed by atoms with Crippen LogP contribution in [-0.4, -0.2) is 31.9 Å². The van der Waals surface area contributed by atoms with E-state index >= 15 is 0 Å². The molecule has 0 spiro atoms. The Kier molecular flexibility index (Phi) is 3.26. The molecule has 4 rings (SSSR count). The summed E-state index contributed by atoms with van der Waals surface area (Å²) in [6, 6.07) is 5.73. The molecular weight excluding hydrogens is 304 g/mol. The highest BCUT2D eigenvalue weighted by Gasteiger charge is 2.25. The second-order valence-corrected chi connectivity index (χ2v) is 6.31. The summed E-state index contributed by atoms with van der Waals surface area (Å²) in [5.74, 6) is -0.223. The predicted molar refractivity (Wildman–Crippen MR) is 91.0 cm³/mol. The van der Waals surface area contributed by atoms with Gasteiger partial charge in [-0.2, -0.15) is 0 Å². The molecule has 122 valence electrons. The highest BCUT2D eigenvalue weighted by atomic mass is 16.2. The molecule has 0 saturated carbocycles. The fraction of sp³-hybridized carbons (Fsp3) is 0.278. The maximum atomic E-state index is 12.9. The van der Waals surface area contributed by atoms with Crippen LogP contribution in [0, 0.1) is 6.92 Å². The summed E-state index contributed by atoms with van der Waals surface area (Å²) in [4.78, 5) is 34.8. The summed E-state index contributed by atoms with van der Waals surface area (Å²) in [7, 11) is 1.86. The Balaban J connectivity index is 1.78. The molecule has 1 amide bonds. The number of aromatic nitrogens is 3. The quantitative estimate of drug-likeness (QED) is 0.742. The van der Waals surface area contributed by atoms with Gasteiger partial charge in [-0.05, 0) is 19.1 Å². The van der Waals surface area contributed by atoms with Crippen molar-refractivity contribution in [3.8, 4) is 0 Å². The monoisotopic (exact) mass is 322 g/mol. The minimum absolute atomic E-state index is 0.202. The van der Waals surface area contributed by atoms with Gasteiger partial charge >= 0.3 is 0 Å². The number of benzene rings is 1. The van der Waals surface area contributed by atoms with Crippen LogP contribution in [0.3, 0.4) is 0 Å². The van der Waals surface area contributed by atoms with Gasteiger partial charge in [0.2, 0.25) is 5.43 Å². The lowest BCUT2D eigenvalue weighted by Gasteiger charge is -2.26. The van der Waals surface area contributed by atoms with Gasteiger partial charge < -0.3 is 14.5 Å². The maximum Gasteiger partial charge on any atom is 0.259 e. The van der Waals surface area contributed by atoms with Crippen LogP contribution in [0.25, 0.3) is 10.9 Å². The lowest BCUT2D eigenvalue weighted by Crippen LogP contribution is -2.38. The summed E-state index contributed by atoms with van der Waals surface area (Å²) >= 11 is 0. The number of hydrogen-bond donors (Lipinski definition) is 1. The minimum Gasteiger partial charge on any atom is -0.350 e. The van der Waals surface area contributed by atoms with Crippen LogP contribution >= 0.6 is 0 Å². The predicted octanol–water partition coefficient (Wildman–Crippen LogP) is 1.77. The molecular formula is C18H18N4O2. The summed E-state index contributed by atoms with van der Waals surface area (Å²) in [6.45, 7) is 2.98. The van der Waals surface area contributed by atoms with Gasteiger partial charge in [-0.15, -0.1) is 0 Å². The average Bonchev–Trinajstić information content (AvgIpc) is 3.05. The van der Waals surface area contributed by atoms with E-state index in [1.807, 2.05) is 36.7 Å². The summed E-state index contributed by atoms with van der Waals surface area (Å²) in [5, 5.41) is 0.586. The Morgan fingerprint density at radius 1 is 1.33 bits per heavy atom. The highest BCUT2D eigenvalue weighted by Crippen LogP contribution is 2.18. The third-order valence-corrected chi connectivity index (χ3v) is 4.64. The van der Waals surface area contributed by atoms with Crippen LogP contribution in [0.2, 0.25) is 0 Å². The molecule has 0 radical (unpaired) electrons. The lowest BCUT2D eigenvalue weighted by atomic mass is 10.1. The number of nitrogens with zero attached hydrogens (tertiary/aromatic N) is 3. The number of carbonyl (C=O) groups excluding carboxylic acids is 1. The fourth-order valence-electron chi connectivity index (χ4n) is 3.31. The van der Waals surface area contributed by atoms with E-state index in [4.69, 9.17) is 0 Å². The molecule has 0 unspecified atom stereocenters. The minimum atomic E-state index is -0.223. The van der Waals surface area contributed by atoms with E-state index in [0.29, 0.717) is 24.9 Å². The number of rotatable bonds is 1. The van der Waals surface area contributed by atoms with Gasteiger partial charge in [-0.3, -0.25) is 9.59 Å². The van der Waals surface area contributed by atoms with Crippen molar-refractivity contribution < 1.29 is 4.79 Å². The van der Waals surface area contributed by atoms with E-state index in [-0.39, 0.29) is 16.9 Å². The van der Waals surface area contributed by atoms with Crippen LogP contribution in [0.4, 0.5) is 0 Å². The van der Waals surface area contributed by atoms with Crippen LogP contribution in [0.5, 0.6) is 0 Å².